The van der Waals surface area contributed by atoms with Crippen molar-refractivity contribution in [1.29, 1.82) is 0 Å². The van der Waals surface area contributed by atoms with Gasteiger partial charge in [-0.05, 0) is 79.8 Å². The average Bonchev–Trinajstić information content (AvgIpc) is 3.31. The van der Waals surface area contributed by atoms with E-state index in [9.17, 15) is 33.9 Å². The van der Waals surface area contributed by atoms with Gasteiger partial charge < -0.3 is 19.9 Å². The molecule has 0 bridgehead atoms. The van der Waals surface area contributed by atoms with Crippen molar-refractivity contribution in [1.82, 2.24) is 5.32 Å². The highest BCUT2D eigenvalue weighted by Gasteiger charge is 2.68. The van der Waals surface area contributed by atoms with Crippen molar-refractivity contribution in [3.05, 3.63) is 47.5 Å². The number of benzene rings is 1. The van der Waals surface area contributed by atoms with Gasteiger partial charge in [0.05, 0.1) is 6.42 Å². The van der Waals surface area contributed by atoms with Gasteiger partial charge in [-0.15, -0.1) is 0 Å². The van der Waals surface area contributed by atoms with Crippen molar-refractivity contribution in [2.75, 3.05) is 6.61 Å². The Kier molecular flexibility index (Phi) is 9.57. The number of amides is 1. The maximum atomic E-state index is 13.9. The molecule has 4 aliphatic rings. The predicted octanol–water partition coefficient (Wildman–Crippen LogP) is 4.52. The minimum atomic E-state index is -1.42. The summed E-state index contributed by atoms with van der Waals surface area (Å²) in [6.45, 7) is 5.04. The van der Waals surface area contributed by atoms with Crippen molar-refractivity contribution in [3.63, 3.8) is 0 Å². The number of carboxylic acid groups (broad SMARTS) is 1. The fourth-order valence-electron chi connectivity index (χ4n) is 9.35. The molecule has 0 saturated heterocycles. The standard InChI is InChI=1S/C36H45NO9/c1-22(38)46-36(18-15-28-26-10-9-24-20-25(39)13-16-34(24,2)27(26)14-17-35(28,36)3)30(40)21-45-32(42)12-11-31(41)37-29(33(43)44)19-23-7-5-4-6-8-23/h4-8,20,26-29H,9-19,21H2,1-3H3,(H,37,41)(H,43,44)/t26-,27+,28+,29?,34+,35+,36+/m1/s1. The maximum absolute atomic E-state index is 13.9. The van der Waals surface area contributed by atoms with Crippen molar-refractivity contribution in [3.8, 4) is 0 Å². The second kappa shape index (κ2) is 13.1. The quantitative estimate of drug-likeness (QED) is 0.334. The van der Waals surface area contributed by atoms with Gasteiger partial charge in [0.2, 0.25) is 11.7 Å². The van der Waals surface area contributed by atoms with Crippen molar-refractivity contribution in [2.45, 2.75) is 103 Å². The molecule has 1 unspecified atom stereocenters. The van der Waals surface area contributed by atoms with E-state index in [1.165, 1.54) is 12.5 Å². The zero-order chi connectivity index (χ0) is 33.3. The number of carboxylic acids is 1. The van der Waals surface area contributed by atoms with Gasteiger partial charge in [-0.3, -0.25) is 24.0 Å². The van der Waals surface area contributed by atoms with Gasteiger partial charge in [0, 0.05) is 31.6 Å². The molecule has 1 aromatic carbocycles. The third-order valence-corrected chi connectivity index (χ3v) is 11.7. The van der Waals surface area contributed by atoms with Crippen LogP contribution in [0.4, 0.5) is 0 Å². The number of hydrogen-bond donors (Lipinski definition) is 2. The van der Waals surface area contributed by atoms with E-state index in [0.29, 0.717) is 37.5 Å². The molecule has 3 fully saturated rings. The van der Waals surface area contributed by atoms with E-state index >= 15 is 0 Å². The number of esters is 2. The third-order valence-electron chi connectivity index (χ3n) is 11.7. The van der Waals surface area contributed by atoms with Crippen LogP contribution in [0, 0.1) is 28.6 Å². The number of Topliss-reactive ketones (excluding diaryl/α,β-unsaturated/α-hetero) is 1. The van der Waals surface area contributed by atoms with Crippen LogP contribution >= 0.6 is 0 Å². The highest BCUT2D eigenvalue weighted by Crippen LogP contribution is 2.68. The molecule has 0 radical (unpaired) electrons. The van der Waals surface area contributed by atoms with Gasteiger partial charge >= 0.3 is 17.9 Å². The number of allylic oxidation sites excluding steroid dienone is 1. The second-order valence-corrected chi connectivity index (χ2v) is 14.1. The van der Waals surface area contributed by atoms with Crippen LogP contribution in [0.2, 0.25) is 0 Å². The molecule has 0 spiro atoms. The average molecular weight is 636 g/mol. The number of carbonyl (C=O) groups is 6. The lowest BCUT2D eigenvalue weighted by molar-refractivity contribution is -0.191. The zero-order valence-electron chi connectivity index (χ0n) is 27.0. The molecular weight excluding hydrogens is 590 g/mol. The molecule has 4 aliphatic carbocycles. The van der Waals surface area contributed by atoms with Crippen LogP contribution < -0.4 is 5.32 Å². The summed E-state index contributed by atoms with van der Waals surface area (Å²) in [6, 6.07) is 7.74. The summed E-state index contributed by atoms with van der Waals surface area (Å²) in [7, 11) is 0. The number of aliphatic carboxylic acids is 1. The van der Waals surface area contributed by atoms with Gasteiger partial charge in [0.1, 0.15) is 6.04 Å². The normalized spacial score (nSPS) is 32.1. The van der Waals surface area contributed by atoms with E-state index in [0.717, 1.165) is 31.2 Å². The highest BCUT2D eigenvalue weighted by atomic mass is 16.6. The Morgan fingerprint density at radius 1 is 0.957 bits per heavy atom. The molecule has 46 heavy (non-hydrogen) atoms. The number of ketones is 2. The first kappa shape index (κ1) is 33.5. The number of ether oxygens (including phenoxy) is 2. The zero-order valence-corrected chi connectivity index (χ0v) is 27.0. The monoisotopic (exact) mass is 635 g/mol. The predicted molar refractivity (Wildman–Crippen MR) is 166 cm³/mol. The minimum absolute atomic E-state index is 0.0390. The van der Waals surface area contributed by atoms with Crippen LogP contribution in [0.25, 0.3) is 0 Å². The molecule has 5 rings (SSSR count). The maximum Gasteiger partial charge on any atom is 0.326 e. The Morgan fingerprint density at radius 2 is 1.67 bits per heavy atom. The summed E-state index contributed by atoms with van der Waals surface area (Å²) in [4.78, 5) is 75.4. The van der Waals surface area contributed by atoms with Crippen molar-refractivity contribution >= 4 is 35.4 Å². The first-order chi connectivity index (χ1) is 21.8. The van der Waals surface area contributed by atoms with Crippen LogP contribution in [-0.2, 0) is 44.7 Å². The van der Waals surface area contributed by atoms with E-state index in [-0.39, 0.29) is 36.4 Å². The van der Waals surface area contributed by atoms with Crippen LogP contribution in [0.15, 0.2) is 42.0 Å². The minimum Gasteiger partial charge on any atom is -0.480 e. The third kappa shape index (κ3) is 6.27. The Balaban J connectivity index is 1.21. The Hall–Kier alpha value is -3.82. The number of hydrogen-bond acceptors (Lipinski definition) is 8. The molecule has 10 heteroatoms. The summed E-state index contributed by atoms with van der Waals surface area (Å²) in [6.07, 6.45) is 7.10. The fraction of sp³-hybridized carbons (Fsp3) is 0.611. The van der Waals surface area contributed by atoms with E-state index in [1.54, 1.807) is 24.3 Å². The molecule has 1 aromatic rings. The first-order valence-corrected chi connectivity index (χ1v) is 16.5. The lowest BCUT2D eigenvalue weighted by atomic mass is 9.46. The van der Waals surface area contributed by atoms with Gasteiger partial charge in [-0.25, -0.2) is 4.79 Å². The molecular formula is C36H45NO9. The van der Waals surface area contributed by atoms with E-state index in [1.807, 2.05) is 19.1 Å². The second-order valence-electron chi connectivity index (χ2n) is 14.1. The number of rotatable bonds is 11. The van der Waals surface area contributed by atoms with E-state index in [4.69, 9.17) is 9.47 Å². The van der Waals surface area contributed by atoms with Gasteiger partial charge in [-0.1, -0.05) is 49.8 Å². The summed E-state index contributed by atoms with van der Waals surface area (Å²) >= 11 is 0. The highest BCUT2D eigenvalue weighted by molar-refractivity contribution is 5.94. The largest absolute Gasteiger partial charge is 0.480 e. The molecule has 0 aliphatic heterocycles. The Morgan fingerprint density at radius 3 is 2.37 bits per heavy atom. The van der Waals surface area contributed by atoms with Gasteiger partial charge in [0.25, 0.3) is 0 Å². The Bertz CT molecular complexity index is 1440. The van der Waals surface area contributed by atoms with Gasteiger partial charge in [0.15, 0.2) is 18.0 Å². The van der Waals surface area contributed by atoms with Gasteiger partial charge in [-0.2, -0.15) is 0 Å². The van der Waals surface area contributed by atoms with Crippen LogP contribution in [0.1, 0.15) is 90.5 Å². The van der Waals surface area contributed by atoms with E-state index < -0.39 is 53.3 Å². The molecule has 10 nitrogen and oxygen atoms in total. The lowest BCUT2D eigenvalue weighted by Gasteiger charge is -2.59. The number of nitrogens with one attached hydrogen (secondary N) is 1. The molecule has 0 heterocycles. The molecule has 3 saturated carbocycles. The molecule has 7 atom stereocenters. The Labute approximate surface area is 269 Å². The topological polar surface area (TPSA) is 153 Å². The smallest absolute Gasteiger partial charge is 0.326 e. The molecule has 0 aromatic heterocycles. The first-order valence-electron chi connectivity index (χ1n) is 16.5. The van der Waals surface area contributed by atoms with Crippen LogP contribution in [0.3, 0.4) is 0 Å². The van der Waals surface area contributed by atoms with Crippen LogP contribution in [0.5, 0.6) is 0 Å². The number of carbonyl (C=O) groups excluding carboxylic acids is 5. The fourth-order valence-corrected chi connectivity index (χ4v) is 9.35. The lowest BCUT2D eigenvalue weighted by Crippen LogP contribution is -2.59. The van der Waals surface area contributed by atoms with Crippen molar-refractivity contribution < 1.29 is 43.3 Å². The molecule has 2 N–H and O–H groups in total. The van der Waals surface area contributed by atoms with E-state index in [2.05, 4.69) is 12.2 Å². The summed E-state index contributed by atoms with van der Waals surface area (Å²) < 4.78 is 11.3. The van der Waals surface area contributed by atoms with Crippen molar-refractivity contribution in [2.24, 2.45) is 28.6 Å². The summed E-state index contributed by atoms with van der Waals surface area (Å²) in [5.74, 6) is -2.53. The molecule has 1 amide bonds. The number of fused-ring (bicyclic) bond motifs is 5. The molecule has 248 valence electrons. The SMILES string of the molecule is CC(=O)O[C@]1(C(=O)COC(=O)CCC(=O)NC(Cc2ccccc2)C(=O)O)CC[C@H]2[C@@H]3CCC4=CC(=O)CC[C@]4(C)[C@H]3CC[C@@]21C. The summed E-state index contributed by atoms with van der Waals surface area (Å²) in [5.41, 5.74) is -0.0868. The van der Waals surface area contributed by atoms with Crippen LogP contribution in [-0.4, -0.2) is 58.7 Å². The summed E-state index contributed by atoms with van der Waals surface area (Å²) in [5, 5.41) is 12.0.